The summed E-state index contributed by atoms with van der Waals surface area (Å²) in [7, 11) is 1.57. The molecule has 0 radical (unpaired) electrons. The van der Waals surface area contributed by atoms with E-state index in [2.05, 4.69) is 0 Å². The molecule has 0 bridgehead atoms. The SMILES string of the molecule is COc1ccc(C2CN(Cc3ccccc3)CC2(F)F)cc1. The number of nitrogens with zero attached hydrogens (tertiary/aromatic N) is 1. The van der Waals surface area contributed by atoms with E-state index in [1.807, 2.05) is 35.2 Å². The lowest BCUT2D eigenvalue weighted by molar-refractivity contribution is -0.00346. The van der Waals surface area contributed by atoms with Gasteiger partial charge in [0.05, 0.1) is 19.6 Å². The van der Waals surface area contributed by atoms with Crippen LogP contribution in [0.1, 0.15) is 17.0 Å². The van der Waals surface area contributed by atoms with E-state index >= 15 is 0 Å². The van der Waals surface area contributed by atoms with Crippen LogP contribution in [0.2, 0.25) is 0 Å². The zero-order valence-corrected chi connectivity index (χ0v) is 12.5. The van der Waals surface area contributed by atoms with Gasteiger partial charge < -0.3 is 4.74 Å². The summed E-state index contributed by atoms with van der Waals surface area (Å²) in [4.78, 5) is 1.82. The molecule has 3 rings (SSSR count). The number of hydrogen-bond acceptors (Lipinski definition) is 2. The van der Waals surface area contributed by atoms with Crippen LogP contribution in [0.4, 0.5) is 8.78 Å². The minimum Gasteiger partial charge on any atom is -0.497 e. The van der Waals surface area contributed by atoms with E-state index < -0.39 is 11.8 Å². The van der Waals surface area contributed by atoms with Crippen molar-refractivity contribution in [3.8, 4) is 5.75 Å². The highest BCUT2D eigenvalue weighted by molar-refractivity contribution is 5.32. The second-order valence-corrected chi connectivity index (χ2v) is 5.74. The van der Waals surface area contributed by atoms with Crippen LogP contribution < -0.4 is 4.74 Å². The van der Waals surface area contributed by atoms with Gasteiger partial charge in [-0.25, -0.2) is 8.78 Å². The molecule has 0 N–H and O–H groups in total. The van der Waals surface area contributed by atoms with Crippen molar-refractivity contribution in [3.63, 3.8) is 0 Å². The van der Waals surface area contributed by atoms with E-state index in [1.165, 1.54) is 0 Å². The van der Waals surface area contributed by atoms with Gasteiger partial charge in [0, 0.05) is 13.1 Å². The minimum absolute atomic E-state index is 0.196. The Morgan fingerprint density at radius 3 is 2.41 bits per heavy atom. The van der Waals surface area contributed by atoms with Gasteiger partial charge >= 0.3 is 0 Å². The number of alkyl halides is 2. The molecule has 0 spiro atoms. The van der Waals surface area contributed by atoms with Crippen LogP contribution in [0.15, 0.2) is 54.6 Å². The molecule has 0 aliphatic carbocycles. The highest BCUT2D eigenvalue weighted by Crippen LogP contribution is 2.41. The van der Waals surface area contributed by atoms with E-state index in [-0.39, 0.29) is 6.54 Å². The third-order valence-corrected chi connectivity index (χ3v) is 4.15. The van der Waals surface area contributed by atoms with Crippen molar-refractivity contribution in [2.24, 2.45) is 0 Å². The minimum atomic E-state index is -2.70. The van der Waals surface area contributed by atoms with Crippen molar-refractivity contribution in [2.75, 3.05) is 20.2 Å². The Balaban J connectivity index is 1.74. The lowest BCUT2D eigenvalue weighted by Crippen LogP contribution is -2.26. The molecule has 1 heterocycles. The topological polar surface area (TPSA) is 12.5 Å². The summed E-state index contributed by atoms with van der Waals surface area (Å²) < 4.78 is 33.8. The third-order valence-electron chi connectivity index (χ3n) is 4.15. The molecule has 0 aromatic heterocycles. The Hall–Kier alpha value is -1.94. The standard InChI is InChI=1S/C18H19F2NO/c1-22-16-9-7-15(8-10-16)17-12-21(13-18(17,19)20)11-14-5-3-2-4-6-14/h2-10,17H,11-13H2,1H3. The van der Waals surface area contributed by atoms with Crippen LogP contribution in [0.3, 0.4) is 0 Å². The summed E-state index contributed by atoms with van der Waals surface area (Å²) in [5.41, 5.74) is 1.73. The molecule has 2 aromatic rings. The van der Waals surface area contributed by atoms with Gasteiger partial charge in [0.1, 0.15) is 5.75 Å². The molecule has 1 aliphatic rings. The molecule has 0 saturated carbocycles. The summed E-state index contributed by atoms with van der Waals surface area (Å²) in [6, 6.07) is 16.7. The van der Waals surface area contributed by atoms with Crippen molar-refractivity contribution in [2.45, 2.75) is 18.4 Å². The fraction of sp³-hybridized carbons (Fsp3) is 0.333. The molecule has 4 heteroatoms. The normalized spacial score (nSPS) is 21.0. The van der Waals surface area contributed by atoms with Crippen molar-refractivity contribution in [3.05, 3.63) is 65.7 Å². The quantitative estimate of drug-likeness (QED) is 0.848. The Bertz CT molecular complexity index is 613. The summed E-state index contributed by atoms with van der Waals surface area (Å²) in [6.45, 7) is 0.732. The second-order valence-electron chi connectivity index (χ2n) is 5.74. The maximum absolute atomic E-state index is 14.4. The van der Waals surface area contributed by atoms with E-state index in [1.54, 1.807) is 31.4 Å². The summed E-state index contributed by atoms with van der Waals surface area (Å²) >= 11 is 0. The van der Waals surface area contributed by atoms with Gasteiger partial charge in [0.15, 0.2) is 0 Å². The van der Waals surface area contributed by atoms with Gasteiger partial charge in [-0.2, -0.15) is 0 Å². The van der Waals surface area contributed by atoms with Crippen LogP contribution in [-0.2, 0) is 6.54 Å². The first kappa shape index (κ1) is 15.0. The zero-order chi connectivity index (χ0) is 15.6. The average molecular weight is 303 g/mol. The number of methoxy groups -OCH3 is 1. The predicted molar refractivity (Wildman–Crippen MR) is 82.4 cm³/mol. The lowest BCUT2D eigenvalue weighted by Gasteiger charge is -2.18. The molecule has 116 valence electrons. The van der Waals surface area contributed by atoms with Gasteiger partial charge in [-0.15, -0.1) is 0 Å². The van der Waals surface area contributed by atoms with Crippen molar-refractivity contribution in [1.82, 2.24) is 4.90 Å². The van der Waals surface area contributed by atoms with Crippen molar-refractivity contribution >= 4 is 0 Å². The maximum Gasteiger partial charge on any atom is 0.268 e. The average Bonchev–Trinajstić information content (AvgIpc) is 2.82. The second kappa shape index (κ2) is 6.05. The van der Waals surface area contributed by atoms with Crippen LogP contribution in [0.25, 0.3) is 0 Å². The zero-order valence-electron chi connectivity index (χ0n) is 12.5. The fourth-order valence-corrected chi connectivity index (χ4v) is 3.01. The first-order chi connectivity index (χ1) is 10.6. The summed E-state index contributed by atoms with van der Waals surface area (Å²) in [5, 5.41) is 0. The summed E-state index contributed by atoms with van der Waals surface area (Å²) in [5.74, 6) is -2.78. The number of rotatable bonds is 4. The highest BCUT2D eigenvalue weighted by Gasteiger charge is 2.48. The van der Waals surface area contributed by atoms with E-state index in [9.17, 15) is 8.78 Å². The maximum atomic E-state index is 14.4. The Labute approximate surface area is 129 Å². The molecule has 22 heavy (non-hydrogen) atoms. The highest BCUT2D eigenvalue weighted by atomic mass is 19.3. The molecular formula is C18H19F2NO. The number of likely N-dealkylation sites (tertiary alicyclic amines) is 1. The smallest absolute Gasteiger partial charge is 0.268 e. The molecule has 2 aromatic carbocycles. The van der Waals surface area contributed by atoms with Crippen LogP contribution in [0.5, 0.6) is 5.75 Å². The van der Waals surface area contributed by atoms with Gasteiger partial charge in [-0.1, -0.05) is 42.5 Å². The number of ether oxygens (including phenoxy) is 1. The van der Waals surface area contributed by atoms with Crippen LogP contribution in [0, 0.1) is 0 Å². The molecule has 1 aliphatic heterocycles. The monoisotopic (exact) mass is 303 g/mol. The van der Waals surface area contributed by atoms with Gasteiger partial charge in [-0.05, 0) is 23.3 Å². The van der Waals surface area contributed by atoms with E-state index in [4.69, 9.17) is 4.74 Å². The van der Waals surface area contributed by atoms with Gasteiger partial charge in [0.25, 0.3) is 5.92 Å². The van der Waals surface area contributed by atoms with Gasteiger partial charge in [-0.3, -0.25) is 4.90 Å². The summed E-state index contributed by atoms with van der Waals surface area (Å²) in [6.07, 6.45) is 0. The first-order valence-corrected chi connectivity index (χ1v) is 7.36. The first-order valence-electron chi connectivity index (χ1n) is 7.36. The molecule has 0 amide bonds. The fourth-order valence-electron chi connectivity index (χ4n) is 3.01. The molecule has 1 fully saturated rings. The Morgan fingerprint density at radius 1 is 1.09 bits per heavy atom. The van der Waals surface area contributed by atoms with E-state index in [0.717, 1.165) is 5.56 Å². The molecule has 1 atom stereocenters. The van der Waals surface area contributed by atoms with Crippen molar-refractivity contribution in [1.29, 1.82) is 0 Å². The van der Waals surface area contributed by atoms with Crippen molar-refractivity contribution < 1.29 is 13.5 Å². The Kier molecular flexibility index (Phi) is 4.12. The van der Waals surface area contributed by atoms with Crippen LogP contribution >= 0.6 is 0 Å². The molecule has 2 nitrogen and oxygen atoms in total. The number of hydrogen-bond donors (Lipinski definition) is 0. The number of halogens is 2. The van der Waals surface area contributed by atoms with Crippen LogP contribution in [-0.4, -0.2) is 31.0 Å². The molecule has 1 unspecified atom stereocenters. The third kappa shape index (κ3) is 3.12. The van der Waals surface area contributed by atoms with Gasteiger partial charge in [0.2, 0.25) is 0 Å². The largest absolute Gasteiger partial charge is 0.497 e. The predicted octanol–water partition coefficient (Wildman–Crippen LogP) is 3.93. The number of benzene rings is 2. The lowest BCUT2D eigenvalue weighted by atomic mass is 9.95. The molecular weight excluding hydrogens is 284 g/mol. The van der Waals surface area contributed by atoms with E-state index in [0.29, 0.717) is 24.4 Å². The molecule has 1 saturated heterocycles. The Morgan fingerprint density at radius 2 is 1.77 bits per heavy atom.